The zero-order chi connectivity index (χ0) is 13.4. The Balaban J connectivity index is 1.77. The monoisotopic (exact) mass is 356 g/mol. The molecule has 1 aliphatic rings. The van der Waals surface area contributed by atoms with Gasteiger partial charge in [0.25, 0.3) is 5.91 Å². The van der Waals surface area contributed by atoms with E-state index in [-0.39, 0.29) is 5.91 Å². The zero-order valence-electron chi connectivity index (χ0n) is 9.82. The van der Waals surface area contributed by atoms with Crippen molar-refractivity contribution < 1.29 is 4.79 Å². The van der Waals surface area contributed by atoms with Crippen molar-refractivity contribution in [3.05, 3.63) is 44.3 Å². The van der Waals surface area contributed by atoms with E-state index in [1.54, 1.807) is 18.2 Å². The second kappa shape index (κ2) is 5.23. The topological polar surface area (TPSA) is 42.0 Å². The Hall–Kier alpha value is -0.910. The molecule has 3 nitrogen and oxygen atoms in total. The predicted octanol–water partition coefficient (Wildman–Crippen LogP) is 4.69. The zero-order valence-corrected chi connectivity index (χ0v) is 13.0. The lowest BCUT2D eigenvalue weighted by atomic mass is 10.2. The van der Waals surface area contributed by atoms with Crippen molar-refractivity contribution in [2.24, 2.45) is 0 Å². The molecule has 1 saturated carbocycles. The quantitative estimate of drug-likeness (QED) is 0.866. The van der Waals surface area contributed by atoms with E-state index in [0.29, 0.717) is 26.1 Å². The number of nitrogens with one attached hydrogen (secondary N) is 1. The van der Waals surface area contributed by atoms with Gasteiger partial charge in [-0.05, 0) is 47.0 Å². The Bertz CT molecular complexity index is 639. The molecule has 6 heteroatoms. The molecule has 19 heavy (non-hydrogen) atoms. The first-order valence-electron chi connectivity index (χ1n) is 5.85. The average molecular weight is 358 g/mol. The second-order valence-electron chi connectivity index (χ2n) is 4.43. The summed E-state index contributed by atoms with van der Waals surface area (Å²) in [5.41, 5.74) is 1.60. The van der Waals surface area contributed by atoms with Crippen LogP contribution in [0.5, 0.6) is 0 Å². The fourth-order valence-electron chi connectivity index (χ4n) is 1.75. The highest BCUT2D eigenvalue weighted by Gasteiger charge is 2.26. The van der Waals surface area contributed by atoms with E-state index in [2.05, 4.69) is 26.2 Å². The van der Waals surface area contributed by atoms with E-state index in [9.17, 15) is 4.79 Å². The molecule has 0 aliphatic heterocycles. The Labute approximate surface area is 128 Å². The van der Waals surface area contributed by atoms with Crippen molar-refractivity contribution in [3.63, 3.8) is 0 Å². The summed E-state index contributed by atoms with van der Waals surface area (Å²) in [6.07, 6.45) is 2.41. The van der Waals surface area contributed by atoms with Gasteiger partial charge in [0.1, 0.15) is 0 Å². The number of benzene rings is 1. The van der Waals surface area contributed by atoms with Gasteiger partial charge in [-0.2, -0.15) is 0 Å². The molecule has 0 unspecified atom stereocenters. The maximum Gasteiger partial charge on any atom is 0.258 e. The molecule has 98 valence electrons. The highest BCUT2D eigenvalue weighted by molar-refractivity contribution is 9.10. The van der Waals surface area contributed by atoms with Gasteiger partial charge >= 0.3 is 0 Å². The molecule has 0 spiro atoms. The third-order valence-electron chi connectivity index (χ3n) is 2.91. The third kappa shape index (κ3) is 2.99. The second-order valence-corrected chi connectivity index (χ2v) is 6.58. The minimum absolute atomic E-state index is 0.203. The summed E-state index contributed by atoms with van der Waals surface area (Å²) in [6, 6.07) is 5.13. The van der Waals surface area contributed by atoms with Crippen LogP contribution in [0.2, 0.25) is 5.02 Å². The van der Waals surface area contributed by atoms with Crippen molar-refractivity contribution in [2.75, 3.05) is 5.32 Å². The minimum atomic E-state index is -0.203. The average Bonchev–Trinajstić information content (AvgIpc) is 3.13. The van der Waals surface area contributed by atoms with E-state index < -0.39 is 0 Å². The van der Waals surface area contributed by atoms with Crippen molar-refractivity contribution in [1.82, 2.24) is 4.98 Å². The Morgan fingerprint density at radius 1 is 1.47 bits per heavy atom. The van der Waals surface area contributed by atoms with Crippen molar-refractivity contribution in [2.45, 2.75) is 18.8 Å². The van der Waals surface area contributed by atoms with E-state index in [1.165, 1.54) is 24.2 Å². The van der Waals surface area contributed by atoms with E-state index in [0.717, 1.165) is 5.69 Å². The number of halogens is 2. The van der Waals surface area contributed by atoms with Crippen LogP contribution in [0.25, 0.3) is 0 Å². The summed E-state index contributed by atoms with van der Waals surface area (Å²) >= 11 is 10.7. The van der Waals surface area contributed by atoms with Crippen LogP contribution in [0.1, 0.15) is 34.8 Å². The standard InChI is InChI=1S/C13H10BrClN2OS/c14-10-4-3-8(15)5-9(10)12(18)17-13-16-11(6-19-13)7-1-2-7/h3-7H,1-2H2,(H,16,17,18). The molecule has 0 saturated heterocycles. The lowest BCUT2D eigenvalue weighted by Gasteiger charge is -2.04. The van der Waals surface area contributed by atoms with Gasteiger partial charge in [0.2, 0.25) is 0 Å². The Morgan fingerprint density at radius 2 is 2.26 bits per heavy atom. The number of anilines is 1. The lowest BCUT2D eigenvalue weighted by molar-refractivity contribution is 0.102. The Morgan fingerprint density at radius 3 is 3.00 bits per heavy atom. The van der Waals surface area contributed by atoms with Gasteiger partial charge in [-0.15, -0.1) is 11.3 Å². The molecule has 2 aromatic rings. The predicted molar refractivity (Wildman–Crippen MR) is 81.2 cm³/mol. The summed E-state index contributed by atoms with van der Waals surface area (Å²) in [6.45, 7) is 0. The van der Waals surface area contributed by atoms with E-state index >= 15 is 0 Å². The molecule has 0 bridgehead atoms. The SMILES string of the molecule is O=C(Nc1nc(C2CC2)cs1)c1cc(Cl)ccc1Br. The number of hydrogen-bond acceptors (Lipinski definition) is 3. The van der Waals surface area contributed by atoms with Crippen molar-refractivity contribution >= 4 is 49.9 Å². The largest absolute Gasteiger partial charge is 0.298 e. The molecule has 0 radical (unpaired) electrons. The van der Waals surface area contributed by atoms with Crippen LogP contribution in [0.4, 0.5) is 5.13 Å². The third-order valence-corrected chi connectivity index (χ3v) is 4.61. The van der Waals surface area contributed by atoms with Crippen LogP contribution >= 0.6 is 38.9 Å². The van der Waals surface area contributed by atoms with Crippen LogP contribution in [0, 0.1) is 0 Å². The van der Waals surface area contributed by atoms with Gasteiger partial charge in [-0.1, -0.05) is 11.6 Å². The van der Waals surface area contributed by atoms with Gasteiger partial charge in [0.15, 0.2) is 5.13 Å². The summed E-state index contributed by atoms with van der Waals surface area (Å²) in [7, 11) is 0. The molecular formula is C13H10BrClN2OS. The molecule has 1 N–H and O–H groups in total. The van der Waals surface area contributed by atoms with Crippen molar-refractivity contribution in [1.29, 1.82) is 0 Å². The number of carbonyl (C=O) groups excluding carboxylic acids is 1. The minimum Gasteiger partial charge on any atom is -0.298 e. The first-order valence-corrected chi connectivity index (χ1v) is 7.90. The fourth-order valence-corrected chi connectivity index (χ4v) is 3.13. The van der Waals surface area contributed by atoms with Crippen LogP contribution in [-0.2, 0) is 0 Å². The van der Waals surface area contributed by atoms with Gasteiger partial charge in [0, 0.05) is 20.8 Å². The van der Waals surface area contributed by atoms with E-state index in [4.69, 9.17) is 11.6 Å². The normalized spacial score (nSPS) is 14.4. The van der Waals surface area contributed by atoms with Crippen LogP contribution in [0.15, 0.2) is 28.1 Å². The number of nitrogens with zero attached hydrogens (tertiary/aromatic N) is 1. The first-order chi connectivity index (χ1) is 9.13. The highest BCUT2D eigenvalue weighted by atomic mass is 79.9. The van der Waals surface area contributed by atoms with Gasteiger partial charge in [-0.25, -0.2) is 4.98 Å². The highest BCUT2D eigenvalue weighted by Crippen LogP contribution is 2.40. The number of amides is 1. The van der Waals surface area contributed by atoms with Crippen LogP contribution in [0.3, 0.4) is 0 Å². The van der Waals surface area contributed by atoms with E-state index in [1.807, 2.05) is 5.38 Å². The summed E-state index contributed by atoms with van der Waals surface area (Å²) < 4.78 is 0.716. The summed E-state index contributed by atoms with van der Waals surface area (Å²) in [5.74, 6) is 0.394. The molecule has 0 atom stereocenters. The lowest BCUT2D eigenvalue weighted by Crippen LogP contribution is -2.12. The van der Waals surface area contributed by atoms with Gasteiger partial charge in [0.05, 0.1) is 11.3 Å². The number of carbonyl (C=O) groups is 1. The maximum absolute atomic E-state index is 12.1. The summed E-state index contributed by atoms with van der Waals surface area (Å²) in [5, 5.41) is 5.99. The molecule has 1 aromatic carbocycles. The molecule has 1 amide bonds. The van der Waals surface area contributed by atoms with Crippen LogP contribution in [-0.4, -0.2) is 10.9 Å². The molecule has 1 heterocycles. The number of hydrogen-bond donors (Lipinski definition) is 1. The molecule has 1 fully saturated rings. The number of aromatic nitrogens is 1. The maximum atomic E-state index is 12.1. The first kappa shape index (κ1) is 13.1. The van der Waals surface area contributed by atoms with Crippen LogP contribution < -0.4 is 5.32 Å². The molecular weight excluding hydrogens is 348 g/mol. The molecule has 1 aromatic heterocycles. The number of rotatable bonds is 3. The molecule has 3 rings (SSSR count). The smallest absolute Gasteiger partial charge is 0.258 e. The van der Waals surface area contributed by atoms with Gasteiger partial charge < -0.3 is 0 Å². The Kier molecular flexibility index (Phi) is 3.60. The van der Waals surface area contributed by atoms with Crippen molar-refractivity contribution in [3.8, 4) is 0 Å². The fraction of sp³-hybridized carbons (Fsp3) is 0.231. The van der Waals surface area contributed by atoms with Gasteiger partial charge in [-0.3, -0.25) is 10.1 Å². The molecule has 1 aliphatic carbocycles. The summed E-state index contributed by atoms with van der Waals surface area (Å²) in [4.78, 5) is 16.6. The number of thiazole rings is 1.